The number of nitrogens with zero attached hydrogens (tertiary/aromatic N) is 3. The van der Waals surface area contributed by atoms with E-state index in [1.165, 1.54) is 12.1 Å². The van der Waals surface area contributed by atoms with E-state index in [2.05, 4.69) is 17.1 Å². The van der Waals surface area contributed by atoms with Crippen LogP contribution < -0.4 is 5.32 Å². The first-order valence-corrected chi connectivity index (χ1v) is 13.1. The molecule has 3 aromatic carbocycles. The molecule has 1 amide bonds. The highest BCUT2D eigenvalue weighted by molar-refractivity contribution is 6.07. The summed E-state index contributed by atoms with van der Waals surface area (Å²) in [5.41, 5.74) is 1.74. The smallest absolute Gasteiger partial charge is 0.269 e. The molecule has 0 radical (unpaired) electrons. The molecule has 196 valence electrons. The zero-order valence-electron chi connectivity index (χ0n) is 21.4. The normalized spacial score (nSPS) is 17.1. The van der Waals surface area contributed by atoms with Crippen LogP contribution in [0, 0.1) is 10.1 Å². The van der Waals surface area contributed by atoms with Gasteiger partial charge in [0.1, 0.15) is 0 Å². The monoisotopic (exact) mass is 504 g/mol. The summed E-state index contributed by atoms with van der Waals surface area (Å²) in [5, 5.41) is 26.4. The largest absolute Gasteiger partial charge is 0.395 e. The lowest BCUT2D eigenvalue weighted by Gasteiger charge is -2.43. The van der Waals surface area contributed by atoms with E-state index in [4.69, 9.17) is 0 Å². The minimum Gasteiger partial charge on any atom is -0.395 e. The van der Waals surface area contributed by atoms with E-state index < -0.39 is 4.92 Å². The summed E-state index contributed by atoms with van der Waals surface area (Å²) >= 11 is 0. The maximum atomic E-state index is 13.6. The minimum absolute atomic E-state index is 0.0113. The number of nitro benzene ring substituents is 1. The number of piperazine rings is 1. The predicted molar refractivity (Wildman–Crippen MR) is 146 cm³/mol. The molecule has 1 saturated heterocycles. The number of carbonyl (C=O) groups is 1. The Balaban J connectivity index is 1.40. The van der Waals surface area contributed by atoms with Crippen LogP contribution in [0.2, 0.25) is 0 Å². The van der Waals surface area contributed by atoms with Gasteiger partial charge in [0.05, 0.1) is 11.5 Å². The van der Waals surface area contributed by atoms with Crippen molar-refractivity contribution in [2.75, 3.05) is 32.8 Å². The first-order chi connectivity index (χ1) is 18.0. The van der Waals surface area contributed by atoms with Gasteiger partial charge in [-0.15, -0.1) is 0 Å². The van der Waals surface area contributed by atoms with E-state index >= 15 is 0 Å². The molecule has 0 spiro atoms. The number of benzene rings is 3. The Kier molecular flexibility index (Phi) is 9.22. The van der Waals surface area contributed by atoms with Crippen LogP contribution in [0.5, 0.6) is 0 Å². The molecule has 8 heteroatoms. The van der Waals surface area contributed by atoms with Crippen molar-refractivity contribution in [3.05, 3.63) is 88.0 Å². The average Bonchev–Trinajstić information content (AvgIpc) is 2.94. The molecular formula is C29H36N4O4. The second-order valence-electron chi connectivity index (χ2n) is 9.75. The lowest BCUT2D eigenvalue weighted by molar-refractivity contribution is -0.384. The highest BCUT2D eigenvalue weighted by atomic mass is 16.6. The second-order valence-corrected chi connectivity index (χ2v) is 9.75. The molecule has 1 heterocycles. The number of amides is 1. The number of rotatable bonds is 11. The molecule has 2 atom stereocenters. The summed E-state index contributed by atoms with van der Waals surface area (Å²) in [6.07, 6.45) is 3.16. The number of hydrogen-bond acceptors (Lipinski definition) is 6. The molecule has 0 unspecified atom stereocenters. The molecule has 1 aliphatic heterocycles. The lowest BCUT2D eigenvalue weighted by atomic mass is 10.0. The fourth-order valence-corrected chi connectivity index (χ4v) is 5.08. The van der Waals surface area contributed by atoms with E-state index in [0.29, 0.717) is 26.2 Å². The SMILES string of the molecule is CCCC[C@H]1CN(C(=O)c2cccc3ccccc23)CCN1C[C@H](CO)NCc1ccc([N+](=O)[O-])cc1. The molecule has 0 aliphatic carbocycles. The second kappa shape index (κ2) is 12.8. The summed E-state index contributed by atoms with van der Waals surface area (Å²) in [6.45, 7) is 5.42. The van der Waals surface area contributed by atoms with E-state index in [1.807, 2.05) is 47.4 Å². The Morgan fingerprint density at radius 1 is 1.11 bits per heavy atom. The van der Waals surface area contributed by atoms with Crippen LogP contribution in [0.4, 0.5) is 5.69 Å². The Bertz CT molecular complexity index is 1190. The van der Waals surface area contributed by atoms with Crippen molar-refractivity contribution in [1.82, 2.24) is 15.1 Å². The first-order valence-electron chi connectivity index (χ1n) is 13.1. The summed E-state index contributed by atoms with van der Waals surface area (Å²) in [4.78, 5) is 28.4. The van der Waals surface area contributed by atoms with E-state index in [1.54, 1.807) is 12.1 Å². The topological polar surface area (TPSA) is 99.0 Å². The average molecular weight is 505 g/mol. The number of aliphatic hydroxyl groups excluding tert-OH is 1. The molecule has 4 rings (SSSR count). The maximum absolute atomic E-state index is 13.6. The van der Waals surface area contributed by atoms with Gasteiger partial charge in [-0.3, -0.25) is 19.8 Å². The summed E-state index contributed by atoms with van der Waals surface area (Å²) in [6, 6.07) is 20.5. The van der Waals surface area contributed by atoms with Crippen LogP contribution in [0.15, 0.2) is 66.7 Å². The van der Waals surface area contributed by atoms with Crippen LogP contribution in [-0.2, 0) is 6.54 Å². The van der Waals surface area contributed by atoms with Gasteiger partial charge in [0, 0.05) is 62.5 Å². The summed E-state index contributed by atoms with van der Waals surface area (Å²) in [5.74, 6) is 0.0768. The van der Waals surface area contributed by atoms with Gasteiger partial charge in [-0.2, -0.15) is 0 Å². The van der Waals surface area contributed by atoms with Crippen LogP contribution in [0.25, 0.3) is 10.8 Å². The van der Waals surface area contributed by atoms with Crippen molar-refractivity contribution in [1.29, 1.82) is 0 Å². The van der Waals surface area contributed by atoms with Gasteiger partial charge in [-0.05, 0) is 28.8 Å². The van der Waals surface area contributed by atoms with Crippen molar-refractivity contribution in [3.8, 4) is 0 Å². The van der Waals surface area contributed by atoms with Gasteiger partial charge in [0.25, 0.3) is 11.6 Å². The molecule has 37 heavy (non-hydrogen) atoms. The Hall–Kier alpha value is -3.33. The highest BCUT2D eigenvalue weighted by Crippen LogP contribution is 2.23. The third kappa shape index (κ3) is 6.71. The van der Waals surface area contributed by atoms with E-state index in [0.717, 1.165) is 47.7 Å². The fourth-order valence-electron chi connectivity index (χ4n) is 5.08. The summed E-state index contributed by atoms with van der Waals surface area (Å²) in [7, 11) is 0. The van der Waals surface area contributed by atoms with Crippen molar-refractivity contribution in [2.24, 2.45) is 0 Å². The molecule has 2 N–H and O–H groups in total. The van der Waals surface area contributed by atoms with Gasteiger partial charge >= 0.3 is 0 Å². The van der Waals surface area contributed by atoms with Gasteiger partial charge in [-0.25, -0.2) is 0 Å². The summed E-state index contributed by atoms with van der Waals surface area (Å²) < 4.78 is 0. The number of non-ortho nitro benzene ring substituents is 1. The maximum Gasteiger partial charge on any atom is 0.269 e. The molecule has 1 aliphatic rings. The van der Waals surface area contributed by atoms with Gasteiger partial charge in [-0.1, -0.05) is 68.3 Å². The predicted octanol–water partition coefficient (Wildman–Crippen LogP) is 4.22. The lowest BCUT2D eigenvalue weighted by Crippen LogP contribution is -2.57. The zero-order valence-corrected chi connectivity index (χ0v) is 21.4. The number of aliphatic hydroxyl groups is 1. The van der Waals surface area contributed by atoms with Crippen molar-refractivity contribution < 1.29 is 14.8 Å². The molecule has 3 aromatic rings. The highest BCUT2D eigenvalue weighted by Gasteiger charge is 2.31. The Labute approximate surface area is 218 Å². The first kappa shape index (κ1) is 26.7. The molecular weight excluding hydrogens is 468 g/mol. The number of nitrogens with one attached hydrogen (secondary N) is 1. The van der Waals surface area contributed by atoms with Crippen LogP contribution in [0.1, 0.15) is 42.1 Å². The molecule has 1 fully saturated rings. The fraction of sp³-hybridized carbons (Fsp3) is 0.414. The van der Waals surface area contributed by atoms with E-state index in [-0.39, 0.29) is 30.3 Å². The van der Waals surface area contributed by atoms with Gasteiger partial charge < -0.3 is 15.3 Å². The van der Waals surface area contributed by atoms with Gasteiger partial charge in [0.2, 0.25) is 0 Å². The number of unbranched alkanes of at least 4 members (excludes halogenated alkanes) is 1. The van der Waals surface area contributed by atoms with Crippen molar-refractivity contribution in [3.63, 3.8) is 0 Å². The molecule has 8 nitrogen and oxygen atoms in total. The Morgan fingerprint density at radius 3 is 2.59 bits per heavy atom. The quantitative estimate of drug-likeness (QED) is 0.300. The number of carbonyl (C=O) groups excluding carboxylic acids is 1. The standard InChI is InChI=1S/C29H36N4O4/c1-2-3-9-26-20-32(29(35)28-11-6-8-23-7-4-5-10-27(23)28)17-16-31(26)19-24(21-34)30-18-22-12-14-25(15-13-22)33(36)37/h4-8,10-15,24,26,30,34H,2-3,9,16-21H2,1H3/t24-,26+/m1/s1. The van der Waals surface area contributed by atoms with Crippen molar-refractivity contribution in [2.45, 2.75) is 44.8 Å². The molecule has 0 saturated carbocycles. The van der Waals surface area contributed by atoms with Crippen LogP contribution in [0.3, 0.4) is 0 Å². The van der Waals surface area contributed by atoms with Gasteiger partial charge in [0.15, 0.2) is 0 Å². The third-order valence-corrected chi connectivity index (χ3v) is 7.22. The zero-order chi connectivity index (χ0) is 26.2. The number of nitro groups is 1. The molecule has 0 bridgehead atoms. The van der Waals surface area contributed by atoms with Crippen molar-refractivity contribution >= 4 is 22.4 Å². The molecule has 0 aromatic heterocycles. The number of fused-ring (bicyclic) bond motifs is 1. The third-order valence-electron chi connectivity index (χ3n) is 7.22. The minimum atomic E-state index is -0.408. The van der Waals surface area contributed by atoms with Crippen LogP contribution >= 0.6 is 0 Å². The van der Waals surface area contributed by atoms with Crippen LogP contribution in [-0.4, -0.2) is 70.6 Å². The number of hydrogen-bond donors (Lipinski definition) is 2. The Morgan fingerprint density at radius 2 is 1.86 bits per heavy atom. The van der Waals surface area contributed by atoms with E-state index in [9.17, 15) is 20.0 Å².